The van der Waals surface area contributed by atoms with Gasteiger partial charge >= 0.3 is 0 Å². The molecule has 1 fully saturated rings. The predicted octanol–water partition coefficient (Wildman–Crippen LogP) is 3.62. The lowest BCUT2D eigenvalue weighted by atomic mass is 10.1. The molecule has 0 aliphatic carbocycles. The van der Waals surface area contributed by atoms with Crippen molar-refractivity contribution in [1.29, 1.82) is 0 Å². The van der Waals surface area contributed by atoms with Crippen LogP contribution in [-0.2, 0) is 0 Å². The Kier molecular flexibility index (Phi) is 5.75. The third-order valence-corrected chi connectivity index (χ3v) is 4.63. The fourth-order valence-corrected chi connectivity index (χ4v) is 3.26. The molecule has 132 valence electrons. The molecule has 0 aromatic carbocycles. The summed E-state index contributed by atoms with van der Waals surface area (Å²) < 4.78 is 0. The van der Waals surface area contributed by atoms with Crippen LogP contribution in [0.15, 0.2) is 23.7 Å². The van der Waals surface area contributed by atoms with Gasteiger partial charge in [-0.3, -0.25) is 0 Å². The molecule has 3 rings (SSSR count). The Balaban J connectivity index is 1.60. The van der Waals surface area contributed by atoms with Crippen molar-refractivity contribution in [2.45, 2.75) is 25.8 Å². The smallest absolute Gasteiger partial charge is 0.223 e. The van der Waals surface area contributed by atoms with Crippen molar-refractivity contribution in [3.05, 3.63) is 39.6 Å². The van der Waals surface area contributed by atoms with Gasteiger partial charge in [-0.25, -0.2) is 9.97 Å². The van der Waals surface area contributed by atoms with Crippen LogP contribution in [0.4, 0.5) is 5.95 Å². The van der Waals surface area contributed by atoms with E-state index in [1.165, 1.54) is 0 Å². The zero-order chi connectivity index (χ0) is 17.6. The largest absolute Gasteiger partial charge is 0.367 e. The van der Waals surface area contributed by atoms with Crippen molar-refractivity contribution in [1.82, 2.24) is 19.9 Å². The van der Waals surface area contributed by atoms with E-state index in [4.69, 9.17) is 17.1 Å². The third kappa shape index (κ3) is 4.42. The van der Waals surface area contributed by atoms with Crippen LogP contribution >= 0.6 is 11.6 Å². The van der Waals surface area contributed by atoms with E-state index in [2.05, 4.69) is 35.2 Å². The highest BCUT2D eigenvalue weighted by atomic mass is 35.5. The molecule has 1 aliphatic rings. The maximum atomic E-state index is 8.30. The number of nitrogens with one attached hydrogen (secondary N) is 2. The highest BCUT2D eigenvalue weighted by Crippen LogP contribution is 2.28. The number of aromatic nitrogens is 3. The Morgan fingerprint density at radius 1 is 1.52 bits per heavy atom. The predicted molar refractivity (Wildman–Crippen MR) is 98.7 cm³/mol. The van der Waals surface area contributed by atoms with Crippen molar-refractivity contribution in [3.8, 4) is 11.3 Å². The lowest BCUT2D eigenvalue weighted by molar-refractivity contribution is 0.333. The van der Waals surface area contributed by atoms with Crippen molar-refractivity contribution in [2.75, 3.05) is 31.5 Å². The van der Waals surface area contributed by atoms with Crippen molar-refractivity contribution in [2.24, 2.45) is 5.11 Å². The number of anilines is 1. The fraction of sp³-hybridized carbons (Fsp3) is 0.500. The van der Waals surface area contributed by atoms with E-state index in [1.54, 1.807) is 6.20 Å². The number of hydrogen-bond acceptors (Lipinski definition) is 5. The van der Waals surface area contributed by atoms with Gasteiger partial charge in [0.15, 0.2) is 0 Å². The first-order chi connectivity index (χ1) is 12.2. The van der Waals surface area contributed by atoms with Crippen molar-refractivity contribution in [3.63, 3.8) is 0 Å². The summed E-state index contributed by atoms with van der Waals surface area (Å²) in [5.41, 5.74) is 11.1. The molecule has 1 saturated heterocycles. The maximum absolute atomic E-state index is 8.30. The van der Waals surface area contributed by atoms with Crippen molar-refractivity contribution >= 4 is 17.5 Å². The molecule has 0 amide bonds. The molecule has 0 radical (unpaired) electrons. The highest BCUT2D eigenvalue weighted by molar-refractivity contribution is 6.32. The van der Waals surface area contributed by atoms with Crippen LogP contribution in [-0.4, -0.2) is 52.1 Å². The topological polar surface area (TPSA) is 106 Å². The number of H-pyrrole nitrogens is 1. The number of likely N-dealkylation sites (tertiary alicyclic amines) is 1. The van der Waals surface area contributed by atoms with Crippen LogP contribution in [0.2, 0.25) is 5.02 Å². The molecule has 8 nitrogen and oxygen atoms in total. The molecule has 0 bridgehead atoms. The number of rotatable bonds is 7. The standard InChI is InChI=1S/C16H21ClN8/c1-11-7-19-8-13(11)15-14(17)9-20-16(23-15)22-12-3-6-25(10-12)5-2-4-21-24-18/h7-9,12,19H,2-6,10H2,1H3,(H,20,22,23). The van der Waals surface area contributed by atoms with Gasteiger partial charge in [0.1, 0.15) is 0 Å². The van der Waals surface area contributed by atoms with E-state index in [1.807, 2.05) is 19.3 Å². The number of aromatic amines is 1. The molecule has 9 heteroatoms. The highest BCUT2D eigenvalue weighted by Gasteiger charge is 2.23. The minimum atomic E-state index is 0.306. The van der Waals surface area contributed by atoms with Crippen LogP contribution < -0.4 is 5.32 Å². The van der Waals surface area contributed by atoms with Gasteiger partial charge in [0, 0.05) is 48.5 Å². The quantitative estimate of drug-likeness (QED) is 0.340. The molecular weight excluding hydrogens is 340 g/mol. The molecule has 2 aromatic heterocycles. The molecular formula is C16H21ClN8. The van der Waals surface area contributed by atoms with Gasteiger partial charge in [-0.05, 0) is 37.4 Å². The monoisotopic (exact) mass is 360 g/mol. The molecule has 2 aromatic rings. The van der Waals surface area contributed by atoms with Gasteiger partial charge in [-0.15, -0.1) is 0 Å². The molecule has 3 heterocycles. The van der Waals surface area contributed by atoms with E-state index in [9.17, 15) is 0 Å². The fourth-order valence-electron chi connectivity index (χ4n) is 3.07. The summed E-state index contributed by atoms with van der Waals surface area (Å²) in [5, 5.41) is 7.52. The summed E-state index contributed by atoms with van der Waals surface area (Å²) in [4.78, 5) is 17.1. The van der Waals surface area contributed by atoms with Gasteiger partial charge < -0.3 is 15.2 Å². The second-order valence-electron chi connectivity index (χ2n) is 6.18. The van der Waals surface area contributed by atoms with Gasteiger partial charge in [0.2, 0.25) is 5.95 Å². The average molecular weight is 361 g/mol. The average Bonchev–Trinajstić information content (AvgIpc) is 3.22. The van der Waals surface area contributed by atoms with Crippen LogP contribution in [0, 0.1) is 6.92 Å². The molecule has 0 spiro atoms. The summed E-state index contributed by atoms with van der Waals surface area (Å²) in [6.45, 7) is 5.45. The van der Waals surface area contributed by atoms with E-state index >= 15 is 0 Å². The lowest BCUT2D eigenvalue weighted by Gasteiger charge is -2.16. The van der Waals surface area contributed by atoms with Gasteiger partial charge in [0.05, 0.1) is 16.9 Å². The van der Waals surface area contributed by atoms with Crippen LogP contribution in [0.5, 0.6) is 0 Å². The first-order valence-corrected chi connectivity index (χ1v) is 8.71. The summed E-state index contributed by atoms with van der Waals surface area (Å²) in [6.07, 6.45) is 7.38. The van der Waals surface area contributed by atoms with Gasteiger partial charge in [-0.2, -0.15) is 0 Å². The number of nitrogens with zero attached hydrogens (tertiary/aromatic N) is 6. The molecule has 1 aliphatic heterocycles. The summed E-state index contributed by atoms with van der Waals surface area (Å²) in [5.74, 6) is 0.598. The summed E-state index contributed by atoms with van der Waals surface area (Å²) in [6, 6.07) is 0.306. The van der Waals surface area contributed by atoms with Gasteiger partial charge in [-0.1, -0.05) is 16.7 Å². The number of halogens is 1. The second-order valence-corrected chi connectivity index (χ2v) is 6.59. The van der Waals surface area contributed by atoms with Crippen LogP contribution in [0.1, 0.15) is 18.4 Å². The Morgan fingerprint density at radius 2 is 2.40 bits per heavy atom. The van der Waals surface area contributed by atoms with E-state index in [0.717, 1.165) is 49.3 Å². The SMILES string of the molecule is Cc1c[nH]cc1-c1nc(NC2CCN(CCCN=[N+]=[N-])C2)ncc1Cl. The lowest BCUT2D eigenvalue weighted by Crippen LogP contribution is -2.28. The minimum Gasteiger partial charge on any atom is -0.367 e. The second kappa shape index (κ2) is 8.20. The Morgan fingerprint density at radius 3 is 3.16 bits per heavy atom. The van der Waals surface area contributed by atoms with Crippen LogP contribution in [0.3, 0.4) is 0 Å². The van der Waals surface area contributed by atoms with E-state index < -0.39 is 0 Å². The molecule has 0 saturated carbocycles. The van der Waals surface area contributed by atoms with E-state index in [-0.39, 0.29) is 0 Å². The number of azide groups is 1. The molecule has 2 N–H and O–H groups in total. The first-order valence-electron chi connectivity index (χ1n) is 8.33. The third-order valence-electron chi connectivity index (χ3n) is 4.35. The zero-order valence-electron chi connectivity index (χ0n) is 14.1. The maximum Gasteiger partial charge on any atom is 0.223 e. The first kappa shape index (κ1) is 17.5. The Bertz CT molecular complexity index is 767. The summed E-state index contributed by atoms with van der Waals surface area (Å²) in [7, 11) is 0. The molecule has 1 atom stereocenters. The van der Waals surface area contributed by atoms with Gasteiger partial charge in [0.25, 0.3) is 0 Å². The van der Waals surface area contributed by atoms with Crippen molar-refractivity contribution < 1.29 is 0 Å². The van der Waals surface area contributed by atoms with Crippen LogP contribution in [0.25, 0.3) is 21.7 Å². The summed E-state index contributed by atoms with van der Waals surface area (Å²) >= 11 is 6.27. The van der Waals surface area contributed by atoms with E-state index in [0.29, 0.717) is 23.6 Å². The Hall–Kier alpha value is -2.28. The molecule has 1 unspecified atom stereocenters. The normalized spacial score (nSPS) is 17.4. The Labute approximate surface area is 151 Å². The minimum absolute atomic E-state index is 0.306. The number of aryl methyl sites for hydroxylation is 1. The molecule has 25 heavy (non-hydrogen) atoms. The zero-order valence-corrected chi connectivity index (χ0v) is 14.9. The number of hydrogen-bond donors (Lipinski definition) is 2.